The van der Waals surface area contributed by atoms with Crippen LogP contribution < -0.4 is 9.64 Å². The van der Waals surface area contributed by atoms with Gasteiger partial charge in [-0.05, 0) is 12.5 Å². The molecule has 0 unspecified atom stereocenters. The number of hydrogen-bond donors (Lipinski definition) is 0. The third-order valence-electron chi connectivity index (χ3n) is 3.52. The third kappa shape index (κ3) is 3.43. The Morgan fingerprint density at radius 2 is 2.24 bits per heavy atom. The molecule has 0 bridgehead atoms. The lowest BCUT2D eigenvalue weighted by molar-refractivity contribution is -0.384. The van der Waals surface area contributed by atoms with Crippen LogP contribution in [0.15, 0.2) is 12.1 Å². The molecule has 1 aromatic carbocycles. The van der Waals surface area contributed by atoms with E-state index in [0.29, 0.717) is 37.7 Å². The number of ether oxygens (including phenoxy) is 3. The summed E-state index contributed by atoms with van der Waals surface area (Å²) in [7, 11) is 3.17. The number of rotatable bonds is 5. The van der Waals surface area contributed by atoms with Crippen LogP contribution in [0.1, 0.15) is 5.56 Å². The Kier molecular flexibility index (Phi) is 4.98. The van der Waals surface area contributed by atoms with Gasteiger partial charge in [0.05, 0.1) is 31.4 Å². The van der Waals surface area contributed by atoms with E-state index in [1.54, 1.807) is 33.3 Å². The molecule has 0 N–H and O–H groups in total. The summed E-state index contributed by atoms with van der Waals surface area (Å²) >= 11 is 0. The highest BCUT2D eigenvalue weighted by molar-refractivity contribution is 5.68. The van der Waals surface area contributed by atoms with Gasteiger partial charge < -0.3 is 19.1 Å². The van der Waals surface area contributed by atoms with Gasteiger partial charge in [-0.15, -0.1) is 0 Å². The summed E-state index contributed by atoms with van der Waals surface area (Å²) in [6.45, 7) is 3.94. The molecule has 116 valence electrons. The topological polar surface area (TPSA) is 74.1 Å². The minimum absolute atomic E-state index is 0.0874. The first kappa shape index (κ1) is 15.5. The van der Waals surface area contributed by atoms with Crippen molar-refractivity contribution in [1.29, 1.82) is 0 Å². The SMILES string of the molecule is COC[C@@H]1CN(c2cc(OC)c(C)cc2[N+](=O)[O-])CCO1. The molecule has 0 saturated carbocycles. The Balaban J connectivity index is 2.34. The van der Waals surface area contributed by atoms with Gasteiger partial charge >= 0.3 is 0 Å². The summed E-state index contributed by atoms with van der Waals surface area (Å²) in [4.78, 5) is 12.9. The molecule has 7 heteroatoms. The highest BCUT2D eigenvalue weighted by atomic mass is 16.6. The van der Waals surface area contributed by atoms with Gasteiger partial charge in [-0.2, -0.15) is 0 Å². The highest BCUT2D eigenvalue weighted by Gasteiger charge is 2.27. The lowest BCUT2D eigenvalue weighted by Gasteiger charge is -2.34. The highest BCUT2D eigenvalue weighted by Crippen LogP contribution is 2.35. The summed E-state index contributed by atoms with van der Waals surface area (Å²) in [6.07, 6.45) is -0.0874. The molecular weight excluding hydrogens is 276 g/mol. The van der Waals surface area contributed by atoms with Crippen LogP contribution in [0.4, 0.5) is 11.4 Å². The lowest BCUT2D eigenvalue weighted by atomic mass is 10.1. The van der Waals surface area contributed by atoms with E-state index in [9.17, 15) is 10.1 Å². The van der Waals surface area contributed by atoms with E-state index in [2.05, 4.69) is 0 Å². The van der Waals surface area contributed by atoms with Crippen molar-refractivity contribution in [2.24, 2.45) is 0 Å². The zero-order chi connectivity index (χ0) is 15.4. The number of nitrogens with zero attached hydrogens (tertiary/aromatic N) is 2. The van der Waals surface area contributed by atoms with Crippen LogP contribution in [0.5, 0.6) is 5.75 Å². The maximum atomic E-state index is 11.3. The van der Waals surface area contributed by atoms with Gasteiger partial charge in [0.2, 0.25) is 0 Å². The molecule has 1 fully saturated rings. The van der Waals surface area contributed by atoms with E-state index in [0.717, 1.165) is 5.56 Å². The maximum Gasteiger partial charge on any atom is 0.293 e. The smallest absolute Gasteiger partial charge is 0.293 e. The molecule has 1 heterocycles. The fourth-order valence-corrected chi connectivity index (χ4v) is 2.51. The van der Waals surface area contributed by atoms with Crippen molar-refractivity contribution >= 4 is 11.4 Å². The molecule has 7 nitrogen and oxygen atoms in total. The van der Waals surface area contributed by atoms with E-state index in [1.165, 1.54) is 0 Å². The molecule has 2 rings (SSSR count). The monoisotopic (exact) mass is 296 g/mol. The lowest BCUT2D eigenvalue weighted by Crippen LogP contribution is -2.44. The molecule has 0 radical (unpaired) electrons. The fourth-order valence-electron chi connectivity index (χ4n) is 2.51. The largest absolute Gasteiger partial charge is 0.496 e. The van der Waals surface area contributed by atoms with Gasteiger partial charge in [-0.25, -0.2) is 0 Å². The minimum atomic E-state index is -0.359. The average Bonchev–Trinajstić information content (AvgIpc) is 2.47. The maximum absolute atomic E-state index is 11.3. The van der Waals surface area contributed by atoms with Crippen LogP contribution in [0.3, 0.4) is 0 Å². The number of nitro groups is 1. The average molecular weight is 296 g/mol. The van der Waals surface area contributed by atoms with Gasteiger partial charge in [0.15, 0.2) is 0 Å². The van der Waals surface area contributed by atoms with Gasteiger partial charge in [0.25, 0.3) is 5.69 Å². The quantitative estimate of drug-likeness (QED) is 0.609. The number of anilines is 1. The van der Waals surface area contributed by atoms with Crippen molar-refractivity contribution in [3.63, 3.8) is 0 Å². The predicted molar refractivity (Wildman–Crippen MR) is 78.2 cm³/mol. The second-order valence-corrected chi connectivity index (χ2v) is 4.96. The zero-order valence-corrected chi connectivity index (χ0v) is 12.5. The Hall–Kier alpha value is -1.86. The molecule has 1 aromatic rings. The second-order valence-electron chi connectivity index (χ2n) is 4.96. The standard InChI is InChI=1S/C14H20N2O5/c1-10-6-13(16(17)18)12(7-14(10)20-3)15-4-5-21-11(8-15)9-19-2/h6-7,11H,4-5,8-9H2,1-3H3/t11-/m0/s1. The van der Waals surface area contributed by atoms with Crippen molar-refractivity contribution in [3.05, 3.63) is 27.8 Å². The number of methoxy groups -OCH3 is 2. The number of morpholine rings is 1. The first-order chi connectivity index (χ1) is 10.1. The number of hydrogen-bond acceptors (Lipinski definition) is 6. The number of nitro benzene ring substituents is 1. The van der Waals surface area contributed by atoms with Crippen LogP contribution in [-0.4, -0.2) is 51.6 Å². The summed E-state index contributed by atoms with van der Waals surface area (Å²) in [5, 5.41) is 11.3. The molecular formula is C14H20N2O5. The van der Waals surface area contributed by atoms with Crippen molar-refractivity contribution in [2.45, 2.75) is 13.0 Å². The third-order valence-corrected chi connectivity index (χ3v) is 3.52. The van der Waals surface area contributed by atoms with Gasteiger partial charge in [-0.3, -0.25) is 10.1 Å². The fraction of sp³-hybridized carbons (Fsp3) is 0.571. The van der Waals surface area contributed by atoms with Crippen LogP contribution in [0.2, 0.25) is 0 Å². The molecule has 0 amide bonds. The molecule has 0 aliphatic carbocycles. The first-order valence-corrected chi connectivity index (χ1v) is 6.75. The first-order valence-electron chi connectivity index (χ1n) is 6.75. The van der Waals surface area contributed by atoms with Crippen molar-refractivity contribution < 1.29 is 19.1 Å². The van der Waals surface area contributed by atoms with E-state index in [1.807, 2.05) is 4.90 Å². The second kappa shape index (κ2) is 6.73. The van der Waals surface area contributed by atoms with E-state index < -0.39 is 0 Å². The summed E-state index contributed by atoms with van der Waals surface area (Å²) in [5.74, 6) is 0.644. The molecule has 1 atom stereocenters. The molecule has 1 aliphatic heterocycles. The summed E-state index contributed by atoms with van der Waals surface area (Å²) in [6, 6.07) is 3.28. The van der Waals surface area contributed by atoms with E-state index >= 15 is 0 Å². The minimum Gasteiger partial charge on any atom is -0.496 e. The Bertz CT molecular complexity index is 518. The Labute approximate surface area is 123 Å². The summed E-state index contributed by atoms with van der Waals surface area (Å²) < 4.78 is 16.0. The van der Waals surface area contributed by atoms with Crippen LogP contribution >= 0.6 is 0 Å². The van der Waals surface area contributed by atoms with Gasteiger partial charge in [0, 0.05) is 32.3 Å². The van der Waals surface area contributed by atoms with Crippen LogP contribution in [-0.2, 0) is 9.47 Å². The van der Waals surface area contributed by atoms with Gasteiger partial charge in [-0.1, -0.05) is 0 Å². The van der Waals surface area contributed by atoms with Crippen LogP contribution in [0, 0.1) is 17.0 Å². The molecule has 1 aliphatic rings. The van der Waals surface area contributed by atoms with E-state index in [-0.39, 0.29) is 16.7 Å². The molecule has 21 heavy (non-hydrogen) atoms. The number of benzene rings is 1. The zero-order valence-electron chi connectivity index (χ0n) is 12.5. The van der Waals surface area contributed by atoms with Crippen molar-refractivity contribution in [2.75, 3.05) is 45.4 Å². The Morgan fingerprint density at radius 3 is 2.86 bits per heavy atom. The number of aryl methyl sites for hydroxylation is 1. The molecule has 0 aromatic heterocycles. The predicted octanol–water partition coefficient (Wildman–Crippen LogP) is 1.76. The summed E-state index contributed by atoms with van der Waals surface area (Å²) in [5.41, 5.74) is 1.40. The normalized spacial score (nSPS) is 18.6. The molecule has 1 saturated heterocycles. The molecule has 0 spiro atoms. The van der Waals surface area contributed by atoms with Crippen molar-refractivity contribution in [1.82, 2.24) is 0 Å². The van der Waals surface area contributed by atoms with Crippen molar-refractivity contribution in [3.8, 4) is 5.75 Å². The van der Waals surface area contributed by atoms with Crippen LogP contribution in [0.25, 0.3) is 0 Å². The van der Waals surface area contributed by atoms with Gasteiger partial charge in [0.1, 0.15) is 11.4 Å². The van der Waals surface area contributed by atoms with E-state index in [4.69, 9.17) is 14.2 Å². The Morgan fingerprint density at radius 1 is 1.48 bits per heavy atom.